The second-order valence-corrected chi connectivity index (χ2v) is 7.38. The molecule has 0 heterocycles. The smallest absolute Gasteiger partial charge is 0.338 e. The highest BCUT2D eigenvalue weighted by Crippen LogP contribution is 2.38. The van der Waals surface area contributed by atoms with Crippen LogP contribution in [0.3, 0.4) is 0 Å². The number of rotatable bonds is 9. The molecule has 1 aliphatic carbocycles. The van der Waals surface area contributed by atoms with Crippen molar-refractivity contribution in [1.29, 1.82) is 0 Å². The van der Waals surface area contributed by atoms with Crippen molar-refractivity contribution in [2.75, 3.05) is 6.61 Å². The van der Waals surface area contributed by atoms with Crippen LogP contribution in [0.5, 0.6) is 5.75 Å². The van der Waals surface area contributed by atoms with E-state index in [-0.39, 0.29) is 25.2 Å². The second-order valence-electron chi connectivity index (χ2n) is 7.38. The zero-order chi connectivity index (χ0) is 22.2. The zero-order valence-corrected chi connectivity index (χ0v) is 16.8. The maximum absolute atomic E-state index is 12.4. The average Bonchev–Trinajstić information content (AvgIpc) is 3.05. The molecule has 0 aromatic heterocycles. The van der Waals surface area contributed by atoms with Crippen LogP contribution in [0.2, 0.25) is 0 Å². The average molecular weight is 424 g/mol. The first-order valence-corrected chi connectivity index (χ1v) is 9.99. The van der Waals surface area contributed by atoms with Crippen molar-refractivity contribution in [3.63, 3.8) is 0 Å². The van der Waals surface area contributed by atoms with Gasteiger partial charge in [0.15, 0.2) is 12.4 Å². The van der Waals surface area contributed by atoms with Gasteiger partial charge in [-0.1, -0.05) is 42.5 Å². The number of hydrogen-bond acceptors (Lipinski definition) is 6. The van der Waals surface area contributed by atoms with Crippen LogP contribution < -0.4 is 4.74 Å². The lowest BCUT2D eigenvalue weighted by Crippen LogP contribution is -2.26. The van der Waals surface area contributed by atoms with Gasteiger partial charge in [0.25, 0.3) is 0 Å². The molecule has 7 nitrogen and oxygen atoms in total. The number of esters is 1. The van der Waals surface area contributed by atoms with Crippen molar-refractivity contribution in [3.05, 3.63) is 78.4 Å². The fraction of sp³-hybridized carbons (Fsp3) is 0.292. The summed E-state index contributed by atoms with van der Waals surface area (Å²) in [6.07, 6.45) is 0.902. The third kappa shape index (κ3) is 6.26. The number of ketones is 1. The van der Waals surface area contributed by atoms with E-state index in [1.807, 2.05) is 6.07 Å². The van der Waals surface area contributed by atoms with Gasteiger partial charge in [-0.05, 0) is 30.3 Å². The lowest BCUT2D eigenvalue weighted by atomic mass is 9.90. The fourth-order valence-electron chi connectivity index (χ4n) is 3.69. The van der Waals surface area contributed by atoms with Crippen LogP contribution in [0.4, 0.5) is 0 Å². The van der Waals surface area contributed by atoms with E-state index in [9.17, 15) is 24.6 Å². The molecule has 0 aliphatic heterocycles. The van der Waals surface area contributed by atoms with Gasteiger partial charge in [-0.3, -0.25) is 9.59 Å². The van der Waals surface area contributed by atoms with Gasteiger partial charge in [0, 0.05) is 18.3 Å². The summed E-state index contributed by atoms with van der Waals surface area (Å²) in [6, 6.07) is 17.3. The minimum absolute atomic E-state index is 0.0975. The number of hydrogen-bond donors (Lipinski definition) is 2. The van der Waals surface area contributed by atoms with Crippen molar-refractivity contribution >= 4 is 17.7 Å². The van der Waals surface area contributed by atoms with E-state index >= 15 is 0 Å². The Hall–Kier alpha value is -3.45. The first-order chi connectivity index (χ1) is 14.9. The highest BCUT2D eigenvalue weighted by atomic mass is 16.5. The number of carboxylic acids is 1. The van der Waals surface area contributed by atoms with Crippen LogP contribution in [0.25, 0.3) is 0 Å². The normalized spacial score (nSPS) is 22.9. The largest absolute Gasteiger partial charge is 0.485 e. The summed E-state index contributed by atoms with van der Waals surface area (Å²) in [6.45, 7) is -0.187. The van der Waals surface area contributed by atoms with Crippen molar-refractivity contribution in [3.8, 4) is 5.75 Å². The molecule has 0 spiro atoms. The summed E-state index contributed by atoms with van der Waals surface area (Å²) < 4.78 is 11.0. The maximum Gasteiger partial charge on any atom is 0.338 e. The molecule has 31 heavy (non-hydrogen) atoms. The third-order valence-corrected chi connectivity index (χ3v) is 5.20. The van der Waals surface area contributed by atoms with E-state index in [1.54, 1.807) is 54.6 Å². The number of benzene rings is 2. The number of aliphatic hydroxyl groups is 1. The van der Waals surface area contributed by atoms with Gasteiger partial charge in [0.1, 0.15) is 11.9 Å². The predicted molar refractivity (Wildman–Crippen MR) is 112 cm³/mol. The van der Waals surface area contributed by atoms with E-state index in [1.165, 1.54) is 12.2 Å². The van der Waals surface area contributed by atoms with Gasteiger partial charge < -0.3 is 19.7 Å². The van der Waals surface area contributed by atoms with Gasteiger partial charge in [0.05, 0.1) is 18.1 Å². The van der Waals surface area contributed by atoms with Gasteiger partial charge in [-0.25, -0.2) is 4.79 Å². The van der Waals surface area contributed by atoms with Crippen LogP contribution in [0.1, 0.15) is 23.2 Å². The summed E-state index contributed by atoms with van der Waals surface area (Å²) in [5.74, 6) is -2.70. The highest BCUT2D eigenvalue weighted by Gasteiger charge is 2.44. The molecule has 2 N–H and O–H groups in total. The van der Waals surface area contributed by atoms with Gasteiger partial charge >= 0.3 is 11.9 Å². The Balaban J connectivity index is 1.69. The topological polar surface area (TPSA) is 110 Å². The Morgan fingerprint density at radius 2 is 1.65 bits per heavy atom. The van der Waals surface area contributed by atoms with Crippen molar-refractivity contribution < 1.29 is 34.1 Å². The lowest BCUT2D eigenvalue weighted by molar-refractivity contribution is -0.139. The van der Waals surface area contributed by atoms with Crippen LogP contribution in [-0.2, 0) is 14.3 Å². The van der Waals surface area contributed by atoms with E-state index < -0.39 is 36.0 Å². The first kappa shape index (κ1) is 22.2. The Morgan fingerprint density at radius 1 is 1.00 bits per heavy atom. The summed E-state index contributed by atoms with van der Waals surface area (Å²) in [7, 11) is 0. The number of aliphatic carboxylic acids is 1. The van der Waals surface area contributed by atoms with Crippen molar-refractivity contribution in [2.45, 2.75) is 25.0 Å². The molecular formula is C24H24O7. The van der Waals surface area contributed by atoms with Gasteiger partial charge in [0.2, 0.25) is 0 Å². The summed E-state index contributed by atoms with van der Waals surface area (Å²) in [5.41, 5.74) is 0.355. The number of carboxylic acid groups (broad SMARTS) is 1. The minimum Gasteiger partial charge on any atom is -0.485 e. The molecule has 4 atom stereocenters. The molecule has 2 aromatic carbocycles. The number of aliphatic hydroxyl groups excluding tert-OH is 1. The summed E-state index contributed by atoms with van der Waals surface area (Å²) in [4.78, 5) is 35.9. The van der Waals surface area contributed by atoms with Crippen LogP contribution >= 0.6 is 0 Å². The maximum atomic E-state index is 12.4. The quantitative estimate of drug-likeness (QED) is 0.470. The van der Waals surface area contributed by atoms with E-state index in [4.69, 9.17) is 9.47 Å². The number of carbonyl (C=O) groups excluding carboxylic acids is 2. The van der Waals surface area contributed by atoms with E-state index in [0.29, 0.717) is 11.3 Å². The van der Waals surface area contributed by atoms with Crippen molar-refractivity contribution in [1.82, 2.24) is 0 Å². The second kappa shape index (κ2) is 10.5. The van der Waals surface area contributed by atoms with Gasteiger partial charge in [-0.15, -0.1) is 0 Å². The SMILES string of the molecule is O=C(O)C[C@@H]1[C@@H](C=CC(=O)COc2ccccc2)[C@H](OC(=O)c2ccccc2)C[C@@H]1O. The molecule has 1 aliphatic rings. The molecule has 0 bridgehead atoms. The monoisotopic (exact) mass is 424 g/mol. The highest BCUT2D eigenvalue weighted by molar-refractivity contribution is 5.91. The molecule has 0 amide bonds. The van der Waals surface area contributed by atoms with Crippen LogP contribution in [-0.4, -0.2) is 46.7 Å². The third-order valence-electron chi connectivity index (χ3n) is 5.20. The number of carbonyl (C=O) groups is 3. The summed E-state index contributed by atoms with van der Waals surface area (Å²) >= 11 is 0. The molecule has 1 fully saturated rings. The Kier molecular flexibility index (Phi) is 7.56. The Labute approximate surface area is 179 Å². The molecule has 3 rings (SSSR count). The molecule has 0 saturated heterocycles. The van der Waals surface area contributed by atoms with Gasteiger partial charge in [-0.2, -0.15) is 0 Å². The molecule has 7 heteroatoms. The molecule has 1 saturated carbocycles. The Bertz CT molecular complexity index is 923. The fourth-order valence-corrected chi connectivity index (χ4v) is 3.69. The molecular weight excluding hydrogens is 400 g/mol. The molecule has 0 unspecified atom stereocenters. The van der Waals surface area contributed by atoms with E-state index in [0.717, 1.165) is 0 Å². The van der Waals surface area contributed by atoms with Crippen LogP contribution in [0, 0.1) is 11.8 Å². The lowest BCUT2D eigenvalue weighted by Gasteiger charge is -2.21. The zero-order valence-electron chi connectivity index (χ0n) is 16.8. The van der Waals surface area contributed by atoms with E-state index in [2.05, 4.69) is 0 Å². The standard InChI is InChI=1S/C24H24O7/c25-17(15-30-18-9-5-2-6-10-18)11-12-19-20(13-23(27)28)21(26)14-22(19)31-24(29)16-7-3-1-4-8-16/h1-12,19-22,26H,13-15H2,(H,27,28)/t19-,20-,21+,22-/m1/s1. The molecule has 2 aromatic rings. The summed E-state index contributed by atoms with van der Waals surface area (Å²) in [5, 5.41) is 19.6. The number of para-hydroxylation sites is 1. The predicted octanol–water partition coefficient (Wildman–Crippen LogP) is 2.89. The van der Waals surface area contributed by atoms with Crippen molar-refractivity contribution in [2.24, 2.45) is 11.8 Å². The molecule has 162 valence electrons. The Morgan fingerprint density at radius 3 is 2.29 bits per heavy atom. The number of ether oxygens (including phenoxy) is 2. The first-order valence-electron chi connectivity index (χ1n) is 9.99. The molecule has 0 radical (unpaired) electrons. The van der Waals surface area contributed by atoms with Crippen LogP contribution in [0.15, 0.2) is 72.8 Å². The minimum atomic E-state index is -1.07.